The van der Waals surface area contributed by atoms with Crippen LogP contribution >= 0.6 is 0 Å². The molecule has 0 saturated carbocycles. The summed E-state index contributed by atoms with van der Waals surface area (Å²) >= 11 is 0. The highest BCUT2D eigenvalue weighted by Crippen LogP contribution is 2.12. The lowest BCUT2D eigenvalue weighted by Gasteiger charge is -2.30. The summed E-state index contributed by atoms with van der Waals surface area (Å²) in [6.07, 6.45) is 1.15. The maximum Gasteiger partial charge on any atom is 0.253 e. The Bertz CT molecular complexity index is 312. The van der Waals surface area contributed by atoms with Crippen LogP contribution in [0.3, 0.4) is 0 Å². The monoisotopic (exact) mass is 205 g/mol. The molecule has 0 spiro atoms. The molecule has 0 aliphatic carbocycles. The lowest BCUT2D eigenvalue weighted by atomic mass is 10.1. The molecule has 0 N–H and O–H groups in total. The number of carbonyl (C=O) groups is 1. The van der Waals surface area contributed by atoms with Crippen LogP contribution in [0.2, 0.25) is 0 Å². The molecular weight excluding hydrogens is 186 g/mol. The average Bonchev–Trinajstić information content (AvgIpc) is 2.19. The Balaban J connectivity index is 0.000000531. The third-order valence-corrected chi connectivity index (χ3v) is 2.44. The second-order valence-corrected chi connectivity index (χ2v) is 3.51. The Morgan fingerprint density at radius 2 is 1.67 bits per heavy atom. The Kier molecular flexibility index (Phi) is 4.35. The van der Waals surface area contributed by atoms with Gasteiger partial charge < -0.3 is 4.90 Å². The number of carbonyl (C=O) groups excluding carboxylic acids is 1. The molecule has 0 radical (unpaired) electrons. The van der Waals surface area contributed by atoms with Gasteiger partial charge in [-0.2, -0.15) is 0 Å². The molecule has 2 nitrogen and oxygen atoms in total. The van der Waals surface area contributed by atoms with Gasteiger partial charge in [0.1, 0.15) is 0 Å². The molecule has 1 heterocycles. The molecule has 1 saturated heterocycles. The average molecular weight is 205 g/mol. The van der Waals surface area contributed by atoms with Crippen molar-refractivity contribution in [2.24, 2.45) is 0 Å². The van der Waals surface area contributed by atoms with Crippen LogP contribution in [0.5, 0.6) is 0 Å². The minimum atomic E-state index is 0.172. The largest absolute Gasteiger partial charge is 0.339 e. The summed E-state index contributed by atoms with van der Waals surface area (Å²) in [5.74, 6) is 0.172. The van der Waals surface area contributed by atoms with Crippen molar-refractivity contribution in [2.45, 2.75) is 27.2 Å². The maximum atomic E-state index is 11.7. The van der Waals surface area contributed by atoms with Crippen molar-refractivity contribution < 1.29 is 4.79 Å². The molecule has 82 valence electrons. The van der Waals surface area contributed by atoms with Gasteiger partial charge in [-0.05, 0) is 25.5 Å². The van der Waals surface area contributed by atoms with E-state index in [2.05, 4.69) is 0 Å². The number of hydrogen-bond donors (Lipinski definition) is 0. The Morgan fingerprint density at radius 1 is 1.13 bits per heavy atom. The number of amides is 1. The predicted molar refractivity (Wildman–Crippen MR) is 63.0 cm³/mol. The minimum Gasteiger partial charge on any atom is -0.339 e. The third kappa shape index (κ3) is 2.82. The van der Waals surface area contributed by atoms with E-state index in [4.69, 9.17) is 0 Å². The molecule has 0 atom stereocenters. The van der Waals surface area contributed by atoms with Gasteiger partial charge in [0.2, 0.25) is 0 Å². The first kappa shape index (κ1) is 11.8. The normalized spacial score (nSPS) is 13.7. The van der Waals surface area contributed by atoms with Crippen LogP contribution in [-0.2, 0) is 0 Å². The predicted octanol–water partition coefficient (Wildman–Crippen LogP) is 2.87. The zero-order valence-corrected chi connectivity index (χ0v) is 9.79. The van der Waals surface area contributed by atoms with Gasteiger partial charge in [0.25, 0.3) is 5.91 Å². The van der Waals surface area contributed by atoms with Gasteiger partial charge in [0.05, 0.1) is 0 Å². The van der Waals surface area contributed by atoms with Crippen molar-refractivity contribution in [1.29, 1.82) is 0 Å². The molecule has 1 amide bonds. The lowest BCUT2D eigenvalue weighted by molar-refractivity contribution is 0.0652. The quantitative estimate of drug-likeness (QED) is 0.690. The fourth-order valence-corrected chi connectivity index (χ4v) is 1.40. The van der Waals surface area contributed by atoms with E-state index in [0.29, 0.717) is 0 Å². The summed E-state index contributed by atoms with van der Waals surface area (Å²) in [5, 5.41) is 0. The van der Waals surface area contributed by atoms with Crippen LogP contribution in [0.4, 0.5) is 0 Å². The summed E-state index contributed by atoms with van der Waals surface area (Å²) in [4.78, 5) is 13.5. The Morgan fingerprint density at radius 3 is 2.07 bits per heavy atom. The van der Waals surface area contributed by atoms with Crippen molar-refractivity contribution in [3.05, 3.63) is 35.4 Å². The summed E-state index contributed by atoms with van der Waals surface area (Å²) in [6.45, 7) is 7.87. The van der Waals surface area contributed by atoms with Crippen LogP contribution in [0.15, 0.2) is 24.3 Å². The van der Waals surface area contributed by atoms with E-state index in [1.165, 1.54) is 5.56 Å². The molecule has 0 aromatic heterocycles. The molecule has 15 heavy (non-hydrogen) atoms. The maximum absolute atomic E-state index is 11.7. The molecule has 1 aliphatic rings. The van der Waals surface area contributed by atoms with Crippen LogP contribution in [0, 0.1) is 6.92 Å². The summed E-state index contributed by atoms with van der Waals surface area (Å²) in [5.41, 5.74) is 2.01. The van der Waals surface area contributed by atoms with Crippen LogP contribution in [-0.4, -0.2) is 23.9 Å². The van der Waals surface area contributed by atoms with Crippen molar-refractivity contribution >= 4 is 5.91 Å². The zero-order chi connectivity index (χ0) is 11.3. The molecule has 1 aliphatic heterocycles. The van der Waals surface area contributed by atoms with E-state index >= 15 is 0 Å². The first-order valence-corrected chi connectivity index (χ1v) is 5.63. The van der Waals surface area contributed by atoms with E-state index in [0.717, 1.165) is 25.1 Å². The fourth-order valence-electron chi connectivity index (χ4n) is 1.40. The first-order valence-electron chi connectivity index (χ1n) is 5.63. The van der Waals surface area contributed by atoms with Crippen LogP contribution in [0.1, 0.15) is 36.2 Å². The van der Waals surface area contributed by atoms with Gasteiger partial charge in [-0.3, -0.25) is 4.79 Å². The third-order valence-electron chi connectivity index (χ3n) is 2.44. The highest BCUT2D eigenvalue weighted by molar-refractivity contribution is 5.94. The van der Waals surface area contributed by atoms with E-state index in [-0.39, 0.29) is 5.91 Å². The Hall–Kier alpha value is -1.31. The van der Waals surface area contributed by atoms with Gasteiger partial charge in [-0.25, -0.2) is 0 Å². The number of benzene rings is 1. The van der Waals surface area contributed by atoms with Crippen molar-refractivity contribution in [3.63, 3.8) is 0 Å². The second-order valence-electron chi connectivity index (χ2n) is 3.51. The SMILES string of the molecule is CC.Cc1ccc(C(=O)N2CCC2)cc1. The highest BCUT2D eigenvalue weighted by atomic mass is 16.2. The number of aryl methyl sites for hydroxylation is 1. The first-order chi connectivity index (χ1) is 7.27. The topological polar surface area (TPSA) is 20.3 Å². The lowest BCUT2D eigenvalue weighted by Crippen LogP contribution is -2.41. The molecule has 1 fully saturated rings. The molecule has 0 unspecified atom stereocenters. The molecule has 1 aromatic rings. The van der Waals surface area contributed by atoms with Crippen LogP contribution in [0.25, 0.3) is 0 Å². The molecule has 2 rings (SSSR count). The second kappa shape index (κ2) is 5.54. The standard InChI is InChI=1S/C11H13NO.C2H6/c1-9-3-5-10(6-4-9)11(13)12-7-2-8-12;1-2/h3-6H,2,7-8H2,1H3;1-2H3. The molecular formula is C13H19NO. The summed E-state index contributed by atoms with van der Waals surface area (Å²) in [6, 6.07) is 7.76. The molecule has 1 aromatic carbocycles. The van der Waals surface area contributed by atoms with Gasteiger partial charge >= 0.3 is 0 Å². The van der Waals surface area contributed by atoms with Crippen molar-refractivity contribution in [2.75, 3.05) is 13.1 Å². The number of hydrogen-bond acceptors (Lipinski definition) is 1. The summed E-state index contributed by atoms with van der Waals surface area (Å²) in [7, 11) is 0. The fraction of sp³-hybridized carbons (Fsp3) is 0.462. The molecule has 2 heteroatoms. The van der Waals surface area contributed by atoms with Gasteiger partial charge in [0.15, 0.2) is 0 Å². The number of likely N-dealkylation sites (tertiary alicyclic amines) is 1. The van der Waals surface area contributed by atoms with Crippen molar-refractivity contribution in [3.8, 4) is 0 Å². The van der Waals surface area contributed by atoms with Gasteiger partial charge in [0, 0.05) is 18.7 Å². The smallest absolute Gasteiger partial charge is 0.253 e. The number of rotatable bonds is 1. The van der Waals surface area contributed by atoms with Gasteiger partial charge in [-0.1, -0.05) is 31.5 Å². The zero-order valence-electron chi connectivity index (χ0n) is 9.79. The minimum absolute atomic E-state index is 0.172. The van der Waals surface area contributed by atoms with Crippen molar-refractivity contribution in [1.82, 2.24) is 4.90 Å². The van der Waals surface area contributed by atoms with Gasteiger partial charge in [-0.15, -0.1) is 0 Å². The van der Waals surface area contributed by atoms with E-state index < -0.39 is 0 Å². The molecule has 0 bridgehead atoms. The highest BCUT2D eigenvalue weighted by Gasteiger charge is 2.20. The van der Waals surface area contributed by atoms with E-state index in [9.17, 15) is 4.79 Å². The summed E-state index contributed by atoms with van der Waals surface area (Å²) < 4.78 is 0. The van der Waals surface area contributed by atoms with E-state index in [1.807, 2.05) is 49.9 Å². The Labute approximate surface area is 91.9 Å². The van der Waals surface area contributed by atoms with E-state index in [1.54, 1.807) is 0 Å². The van der Waals surface area contributed by atoms with Crippen LogP contribution < -0.4 is 0 Å². The number of nitrogens with zero attached hydrogens (tertiary/aromatic N) is 1.